The van der Waals surface area contributed by atoms with E-state index < -0.39 is 0 Å². The SMILES string of the molecule is Clc1c[c-]cc(Cl)c1.[Fe]. The number of hydrogen-bond donors (Lipinski definition) is 0. The summed E-state index contributed by atoms with van der Waals surface area (Å²) >= 11 is 11.1. The van der Waals surface area contributed by atoms with Crippen LogP contribution in [0.3, 0.4) is 0 Å². The Morgan fingerprint density at radius 2 is 1.56 bits per heavy atom. The zero-order valence-corrected chi connectivity index (χ0v) is 6.96. The predicted molar refractivity (Wildman–Crippen MR) is 35.3 cm³/mol. The molecule has 1 aromatic carbocycles. The average Bonchev–Trinajstić information content (AvgIpc) is 1.64. The summed E-state index contributed by atoms with van der Waals surface area (Å²) in [5.74, 6) is 0. The summed E-state index contributed by atoms with van der Waals surface area (Å²) in [6, 6.07) is 7.75. The molecule has 0 bridgehead atoms. The summed E-state index contributed by atoms with van der Waals surface area (Å²) in [4.78, 5) is 0. The van der Waals surface area contributed by atoms with Crippen molar-refractivity contribution in [1.29, 1.82) is 0 Å². The van der Waals surface area contributed by atoms with Crippen molar-refractivity contribution in [2.75, 3.05) is 0 Å². The van der Waals surface area contributed by atoms with Gasteiger partial charge in [-0.15, -0.1) is 6.07 Å². The van der Waals surface area contributed by atoms with Gasteiger partial charge in [0, 0.05) is 17.1 Å². The number of benzene rings is 1. The zero-order chi connectivity index (χ0) is 5.98. The Balaban J connectivity index is 0.000000640. The fraction of sp³-hybridized carbons (Fsp3) is 0. The van der Waals surface area contributed by atoms with E-state index in [4.69, 9.17) is 23.2 Å². The van der Waals surface area contributed by atoms with Gasteiger partial charge in [-0.3, -0.25) is 0 Å². The molecular formula is C6H3Cl2Fe-. The summed E-state index contributed by atoms with van der Waals surface area (Å²) < 4.78 is 0. The van der Waals surface area contributed by atoms with Crippen LogP contribution in [0.25, 0.3) is 0 Å². The molecule has 1 aromatic rings. The Kier molecular flexibility index (Phi) is 4.33. The third-order valence-corrected chi connectivity index (χ3v) is 1.15. The molecule has 0 saturated carbocycles. The molecular weight excluding hydrogens is 199 g/mol. The third kappa shape index (κ3) is 3.12. The van der Waals surface area contributed by atoms with Crippen LogP contribution in [0.15, 0.2) is 18.2 Å². The monoisotopic (exact) mass is 201 g/mol. The molecule has 0 radical (unpaired) electrons. The van der Waals surface area contributed by atoms with Gasteiger partial charge in [-0.05, 0) is 0 Å². The number of halogens is 2. The minimum Gasteiger partial charge on any atom is -0.181 e. The van der Waals surface area contributed by atoms with Crippen LogP contribution < -0.4 is 0 Å². The van der Waals surface area contributed by atoms with Crippen molar-refractivity contribution < 1.29 is 17.1 Å². The van der Waals surface area contributed by atoms with Crippen LogP contribution in [0.2, 0.25) is 10.0 Å². The van der Waals surface area contributed by atoms with Crippen LogP contribution in [0.4, 0.5) is 0 Å². The summed E-state index contributed by atoms with van der Waals surface area (Å²) in [6.45, 7) is 0. The maximum atomic E-state index is 5.53. The molecule has 0 fully saturated rings. The summed E-state index contributed by atoms with van der Waals surface area (Å²) in [7, 11) is 0. The van der Waals surface area contributed by atoms with E-state index in [2.05, 4.69) is 6.07 Å². The van der Waals surface area contributed by atoms with E-state index in [9.17, 15) is 0 Å². The van der Waals surface area contributed by atoms with E-state index in [0.717, 1.165) is 0 Å². The fourth-order valence-corrected chi connectivity index (χ4v) is 0.833. The molecule has 50 valence electrons. The molecule has 0 saturated heterocycles. The van der Waals surface area contributed by atoms with E-state index in [1.54, 1.807) is 18.2 Å². The molecule has 9 heavy (non-hydrogen) atoms. The molecule has 0 aliphatic rings. The van der Waals surface area contributed by atoms with Crippen molar-refractivity contribution in [3.63, 3.8) is 0 Å². The van der Waals surface area contributed by atoms with Crippen LogP contribution in [0, 0.1) is 6.07 Å². The van der Waals surface area contributed by atoms with Gasteiger partial charge in [-0.1, -0.05) is 10.0 Å². The van der Waals surface area contributed by atoms with Crippen molar-refractivity contribution in [1.82, 2.24) is 0 Å². The smallest absolute Gasteiger partial charge is 0 e. The molecule has 0 aliphatic carbocycles. The van der Waals surface area contributed by atoms with Crippen LogP contribution in [-0.4, -0.2) is 0 Å². The van der Waals surface area contributed by atoms with E-state index in [1.165, 1.54) is 0 Å². The first-order valence-corrected chi connectivity index (χ1v) is 2.87. The summed E-state index contributed by atoms with van der Waals surface area (Å²) in [5, 5.41) is 1.25. The molecule has 0 N–H and O–H groups in total. The van der Waals surface area contributed by atoms with Gasteiger partial charge >= 0.3 is 0 Å². The van der Waals surface area contributed by atoms with Gasteiger partial charge in [0.05, 0.1) is 0 Å². The Morgan fingerprint density at radius 1 is 1.11 bits per heavy atom. The molecule has 0 aliphatic heterocycles. The van der Waals surface area contributed by atoms with Gasteiger partial charge in [0.1, 0.15) is 0 Å². The average molecular weight is 202 g/mol. The van der Waals surface area contributed by atoms with Gasteiger partial charge in [-0.25, -0.2) is 0 Å². The second-order valence-electron chi connectivity index (χ2n) is 1.37. The van der Waals surface area contributed by atoms with Gasteiger partial charge in [0.2, 0.25) is 0 Å². The quantitative estimate of drug-likeness (QED) is 0.448. The maximum absolute atomic E-state index is 5.53. The minimum atomic E-state index is 0. The van der Waals surface area contributed by atoms with Crippen LogP contribution >= 0.6 is 23.2 Å². The molecule has 3 heteroatoms. The first kappa shape index (κ1) is 9.32. The van der Waals surface area contributed by atoms with E-state index in [-0.39, 0.29) is 17.1 Å². The molecule has 0 heterocycles. The van der Waals surface area contributed by atoms with E-state index >= 15 is 0 Å². The predicted octanol–water partition coefficient (Wildman–Crippen LogP) is 2.79. The third-order valence-electron chi connectivity index (χ3n) is 0.718. The fourth-order valence-electron chi connectivity index (χ4n) is 0.416. The van der Waals surface area contributed by atoms with Crippen LogP contribution in [0.1, 0.15) is 0 Å². The molecule has 0 amide bonds. The van der Waals surface area contributed by atoms with Crippen molar-refractivity contribution >= 4 is 23.2 Å². The Morgan fingerprint density at radius 3 is 1.78 bits per heavy atom. The molecule has 0 atom stereocenters. The van der Waals surface area contributed by atoms with E-state index in [0.29, 0.717) is 10.0 Å². The van der Waals surface area contributed by atoms with E-state index in [1.807, 2.05) is 0 Å². The first-order valence-electron chi connectivity index (χ1n) is 2.11. The Bertz CT molecular complexity index is 171. The second kappa shape index (κ2) is 4.19. The first-order chi connectivity index (χ1) is 3.79. The van der Waals surface area contributed by atoms with Gasteiger partial charge < -0.3 is 0 Å². The molecule has 0 spiro atoms. The Labute approximate surface area is 74.6 Å². The maximum Gasteiger partial charge on any atom is 0 e. The molecule has 0 unspecified atom stereocenters. The largest absolute Gasteiger partial charge is 0.181 e. The normalized spacial score (nSPS) is 8.22. The standard InChI is InChI=1S/C6H3Cl2.Fe/c7-5-2-1-3-6(8)4-5;/h2-4H;/q-1;. The number of hydrogen-bond acceptors (Lipinski definition) is 0. The second-order valence-corrected chi connectivity index (χ2v) is 2.24. The zero-order valence-electron chi connectivity index (χ0n) is 4.34. The van der Waals surface area contributed by atoms with Gasteiger partial charge in [0.15, 0.2) is 0 Å². The molecule has 1 rings (SSSR count). The molecule has 0 aromatic heterocycles. The van der Waals surface area contributed by atoms with Crippen molar-refractivity contribution in [2.45, 2.75) is 0 Å². The number of rotatable bonds is 0. The van der Waals surface area contributed by atoms with Crippen LogP contribution in [-0.2, 0) is 17.1 Å². The molecule has 0 nitrogen and oxygen atoms in total. The minimum absolute atomic E-state index is 0. The summed E-state index contributed by atoms with van der Waals surface area (Å²) in [6.07, 6.45) is 0. The topological polar surface area (TPSA) is 0 Å². The van der Waals surface area contributed by atoms with Gasteiger partial charge in [-0.2, -0.15) is 41.4 Å². The van der Waals surface area contributed by atoms with Gasteiger partial charge in [0.25, 0.3) is 0 Å². The van der Waals surface area contributed by atoms with Crippen molar-refractivity contribution in [3.8, 4) is 0 Å². The Hall–Kier alpha value is 0.319. The van der Waals surface area contributed by atoms with Crippen molar-refractivity contribution in [3.05, 3.63) is 34.3 Å². The van der Waals surface area contributed by atoms with Crippen LogP contribution in [0.5, 0.6) is 0 Å². The van der Waals surface area contributed by atoms with Crippen molar-refractivity contribution in [2.24, 2.45) is 0 Å². The summed E-state index contributed by atoms with van der Waals surface area (Å²) in [5.41, 5.74) is 0.